The van der Waals surface area contributed by atoms with E-state index >= 15 is 0 Å². The monoisotopic (exact) mass is 258 g/mol. The molecule has 0 aliphatic carbocycles. The summed E-state index contributed by atoms with van der Waals surface area (Å²) < 4.78 is 5.47. The molecule has 0 fully saturated rings. The van der Waals surface area contributed by atoms with Crippen molar-refractivity contribution >= 4 is 28.7 Å². The van der Waals surface area contributed by atoms with Crippen LogP contribution in [0.5, 0.6) is 0 Å². The Kier molecular flexibility index (Phi) is 2.70. The van der Waals surface area contributed by atoms with Crippen LogP contribution in [0.4, 0.5) is 6.01 Å². The normalized spacial score (nSPS) is 19.2. The molecule has 1 aromatic heterocycles. The first kappa shape index (κ1) is 11.7. The molecule has 6 nitrogen and oxygen atoms in total. The number of hydrogen-bond acceptors (Lipinski definition) is 5. The van der Waals surface area contributed by atoms with Crippen molar-refractivity contribution in [3.8, 4) is 0 Å². The lowest BCUT2D eigenvalue weighted by molar-refractivity contribution is -0.121. The number of hydrazone groups is 1. The second kappa shape index (κ2) is 4.38. The van der Waals surface area contributed by atoms with Crippen LogP contribution in [0.1, 0.15) is 18.9 Å². The van der Waals surface area contributed by atoms with Crippen molar-refractivity contribution in [1.82, 2.24) is 10.4 Å². The minimum atomic E-state index is -0.0452. The van der Waals surface area contributed by atoms with E-state index in [1.54, 1.807) is 7.05 Å². The number of nitrogens with one attached hydrogen (secondary N) is 2. The van der Waals surface area contributed by atoms with E-state index in [0.717, 1.165) is 22.4 Å². The SMILES string of the molecule is CNc1nc2cc(C3=NNC(=O)CC3C)ccc2o1. The summed E-state index contributed by atoms with van der Waals surface area (Å²) in [5.41, 5.74) is 5.84. The molecule has 1 unspecified atom stereocenters. The largest absolute Gasteiger partial charge is 0.424 e. The second-order valence-electron chi connectivity index (χ2n) is 4.59. The van der Waals surface area contributed by atoms with Gasteiger partial charge in [-0.15, -0.1) is 0 Å². The summed E-state index contributed by atoms with van der Waals surface area (Å²) in [5.74, 6) is 0.0538. The number of fused-ring (bicyclic) bond motifs is 1. The first-order valence-electron chi connectivity index (χ1n) is 6.12. The quantitative estimate of drug-likeness (QED) is 0.859. The molecule has 2 aromatic rings. The van der Waals surface area contributed by atoms with Gasteiger partial charge in [0.25, 0.3) is 6.01 Å². The van der Waals surface area contributed by atoms with Crippen molar-refractivity contribution in [2.24, 2.45) is 11.0 Å². The fourth-order valence-electron chi connectivity index (χ4n) is 2.20. The Morgan fingerprint density at radius 2 is 2.32 bits per heavy atom. The maximum absolute atomic E-state index is 11.3. The maximum Gasteiger partial charge on any atom is 0.295 e. The van der Waals surface area contributed by atoms with Gasteiger partial charge in [0.15, 0.2) is 5.58 Å². The first-order chi connectivity index (χ1) is 9.17. The molecule has 1 aliphatic rings. The van der Waals surface area contributed by atoms with Gasteiger partial charge in [0, 0.05) is 24.9 Å². The molecule has 1 aliphatic heterocycles. The lowest BCUT2D eigenvalue weighted by atomic mass is 9.94. The maximum atomic E-state index is 11.3. The predicted molar refractivity (Wildman–Crippen MR) is 72.0 cm³/mol. The molecule has 0 spiro atoms. The van der Waals surface area contributed by atoms with Crippen LogP contribution in [0.2, 0.25) is 0 Å². The van der Waals surface area contributed by atoms with E-state index in [2.05, 4.69) is 20.8 Å². The summed E-state index contributed by atoms with van der Waals surface area (Å²) >= 11 is 0. The van der Waals surface area contributed by atoms with Crippen molar-refractivity contribution in [3.05, 3.63) is 23.8 Å². The molecule has 0 bridgehead atoms. The zero-order valence-corrected chi connectivity index (χ0v) is 10.7. The second-order valence-corrected chi connectivity index (χ2v) is 4.59. The van der Waals surface area contributed by atoms with E-state index in [0.29, 0.717) is 12.4 Å². The number of benzene rings is 1. The minimum absolute atomic E-state index is 0.0452. The number of anilines is 1. The molecule has 19 heavy (non-hydrogen) atoms. The third-order valence-corrected chi connectivity index (χ3v) is 3.16. The summed E-state index contributed by atoms with van der Waals surface area (Å²) in [6.45, 7) is 1.99. The molecule has 2 heterocycles. The van der Waals surface area contributed by atoms with Gasteiger partial charge in [0.2, 0.25) is 5.91 Å². The number of carbonyl (C=O) groups excluding carboxylic acids is 1. The summed E-state index contributed by atoms with van der Waals surface area (Å²) in [7, 11) is 1.76. The zero-order chi connectivity index (χ0) is 13.4. The van der Waals surface area contributed by atoms with Crippen LogP contribution >= 0.6 is 0 Å². The molecule has 0 radical (unpaired) electrons. The molecular weight excluding hydrogens is 244 g/mol. The molecule has 1 atom stereocenters. The van der Waals surface area contributed by atoms with Crippen molar-refractivity contribution in [3.63, 3.8) is 0 Å². The number of carbonyl (C=O) groups is 1. The van der Waals surface area contributed by atoms with Crippen LogP contribution in [0.3, 0.4) is 0 Å². The Bertz CT molecular complexity index is 674. The Morgan fingerprint density at radius 3 is 3.05 bits per heavy atom. The van der Waals surface area contributed by atoms with E-state index in [-0.39, 0.29) is 11.8 Å². The third kappa shape index (κ3) is 2.05. The van der Waals surface area contributed by atoms with Gasteiger partial charge in [-0.25, -0.2) is 5.43 Å². The van der Waals surface area contributed by atoms with Crippen LogP contribution in [0, 0.1) is 5.92 Å². The van der Waals surface area contributed by atoms with E-state index < -0.39 is 0 Å². The molecule has 98 valence electrons. The number of oxazole rings is 1. The Balaban J connectivity index is 2.03. The minimum Gasteiger partial charge on any atom is -0.424 e. The lowest BCUT2D eigenvalue weighted by Gasteiger charge is -2.18. The molecule has 0 saturated carbocycles. The number of amides is 1. The van der Waals surface area contributed by atoms with Crippen molar-refractivity contribution < 1.29 is 9.21 Å². The molecule has 1 aromatic carbocycles. The highest BCUT2D eigenvalue weighted by Gasteiger charge is 2.22. The fraction of sp³-hybridized carbons (Fsp3) is 0.308. The van der Waals surface area contributed by atoms with Gasteiger partial charge in [-0.2, -0.15) is 10.1 Å². The average Bonchev–Trinajstić information content (AvgIpc) is 2.80. The van der Waals surface area contributed by atoms with Gasteiger partial charge < -0.3 is 9.73 Å². The van der Waals surface area contributed by atoms with E-state index in [9.17, 15) is 4.79 Å². The van der Waals surface area contributed by atoms with Crippen molar-refractivity contribution in [2.45, 2.75) is 13.3 Å². The van der Waals surface area contributed by atoms with E-state index in [4.69, 9.17) is 4.42 Å². The standard InChI is InChI=1S/C13H14N4O2/c1-7-5-11(18)16-17-12(7)8-3-4-10-9(6-8)15-13(14-2)19-10/h3-4,6-7H,5H2,1-2H3,(H,14,15)(H,16,18). The Morgan fingerprint density at radius 1 is 1.47 bits per heavy atom. The van der Waals surface area contributed by atoms with E-state index in [1.165, 1.54) is 0 Å². The number of rotatable bonds is 2. The zero-order valence-electron chi connectivity index (χ0n) is 10.7. The highest BCUT2D eigenvalue weighted by molar-refractivity contribution is 6.07. The highest BCUT2D eigenvalue weighted by atomic mass is 16.4. The predicted octanol–water partition coefficient (Wildman–Crippen LogP) is 1.73. The summed E-state index contributed by atoms with van der Waals surface area (Å²) in [6.07, 6.45) is 0.456. The summed E-state index contributed by atoms with van der Waals surface area (Å²) in [4.78, 5) is 15.6. The van der Waals surface area contributed by atoms with Gasteiger partial charge in [-0.3, -0.25) is 4.79 Å². The molecule has 6 heteroatoms. The van der Waals surface area contributed by atoms with E-state index in [1.807, 2.05) is 25.1 Å². The molecule has 3 rings (SSSR count). The van der Waals surface area contributed by atoms with Crippen LogP contribution in [-0.4, -0.2) is 23.7 Å². The first-order valence-corrected chi connectivity index (χ1v) is 6.12. The number of nitrogens with zero attached hydrogens (tertiary/aromatic N) is 2. The topological polar surface area (TPSA) is 79.5 Å². The van der Waals surface area contributed by atoms with Crippen molar-refractivity contribution in [1.29, 1.82) is 0 Å². The van der Waals surface area contributed by atoms with Crippen LogP contribution in [0.25, 0.3) is 11.1 Å². The molecule has 2 N–H and O–H groups in total. The van der Waals surface area contributed by atoms with Crippen molar-refractivity contribution in [2.75, 3.05) is 12.4 Å². The molecular formula is C13H14N4O2. The van der Waals surface area contributed by atoms with Crippen LogP contribution in [-0.2, 0) is 4.79 Å². The summed E-state index contributed by atoms with van der Waals surface area (Å²) in [6, 6.07) is 6.20. The van der Waals surface area contributed by atoms with Gasteiger partial charge in [-0.1, -0.05) is 6.92 Å². The van der Waals surface area contributed by atoms with Crippen LogP contribution < -0.4 is 10.7 Å². The smallest absolute Gasteiger partial charge is 0.295 e. The van der Waals surface area contributed by atoms with Gasteiger partial charge in [-0.05, 0) is 18.2 Å². The number of hydrogen-bond donors (Lipinski definition) is 2. The Hall–Kier alpha value is -2.37. The van der Waals surface area contributed by atoms with Gasteiger partial charge in [0.1, 0.15) is 5.52 Å². The summed E-state index contributed by atoms with van der Waals surface area (Å²) in [5, 5.41) is 7.00. The van der Waals surface area contributed by atoms with Gasteiger partial charge >= 0.3 is 0 Å². The molecule has 0 saturated heterocycles. The highest BCUT2D eigenvalue weighted by Crippen LogP contribution is 2.23. The third-order valence-electron chi connectivity index (χ3n) is 3.16. The fourth-order valence-corrected chi connectivity index (χ4v) is 2.20. The number of aromatic nitrogens is 1. The Labute approximate surface area is 109 Å². The lowest BCUT2D eigenvalue weighted by Crippen LogP contribution is -2.31. The van der Waals surface area contributed by atoms with Gasteiger partial charge in [0.05, 0.1) is 5.71 Å². The van der Waals surface area contributed by atoms with Crippen LogP contribution in [0.15, 0.2) is 27.7 Å². The molecule has 1 amide bonds. The average molecular weight is 258 g/mol.